The van der Waals surface area contributed by atoms with Crippen LogP contribution in [0.15, 0.2) is 97.2 Å². The molecular weight excluding hydrogens is 753 g/mol. The van der Waals surface area contributed by atoms with Crippen LogP contribution in [0, 0.1) is 0 Å². The second-order valence-corrected chi connectivity index (χ2v) is 15.1. The standard InChI is InChI=1S/C51H82N2O7/c1-3-5-7-9-11-13-15-16-17-18-19-20-21-22-23-24-26-28-30-35-39-43-50(57)60-46(40-36-32-29-27-25-14-12-10-8-6-4-2)41-37-33-31-34-38-42-48(55)52-44-49(56)53-47(45-54)51(58)59/h5,7,11-14,16-17,19-20,22-23,26-29,46-47,54H,3-4,6,8-10,15,18,21,24-25,30-45H2,1-2H3,(H,52,55)(H,53,56)(H,58,59)/b7-5-,13-11-,14-12-,17-16-,20-19-,23-22-,28-26-,29-27-. The number of esters is 1. The van der Waals surface area contributed by atoms with Crippen molar-refractivity contribution in [2.45, 2.75) is 187 Å². The Balaban J connectivity index is 4.43. The third-order valence-corrected chi connectivity index (χ3v) is 9.57. The lowest BCUT2D eigenvalue weighted by Crippen LogP contribution is -2.47. The summed E-state index contributed by atoms with van der Waals surface area (Å²) in [6.07, 6.45) is 58.6. The van der Waals surface area contributed by atoms with Crippen LogP contribution in [0.3, 0.4) is 0 Å². The highest BCUT2D eigenvalue weighted by molar-refractivity contribution is 5.87. The normalized spacial score (nSPS) is 13.4. The Morgan fingerprint density at radius 1 is 0.517 bits per heavy atom. The topological polar surface area (TPSA) is 142 Å². The molecule has 0 spiro atoms. The fourth-order valence-electron chi connectivity index (χ4n) is 6.05. The van der Waals surface area contributed by atoms with E-state index >= 15 is 0 Å². The number of hydrogen-bond acceptors (Lipinski definition) is 6. The molecule has 0 aromatic carbocycles. The summed E-state index contributed by atoms with van der Waals surface area (Å²) in [5.41, 5.74) is 0. The van der Waals surface area contributed by atoms with Gasteiger partial charge in [0.15, 0.2) is 0 Å². The zero-order valence-corrected chi connectivity index (χ0v) is 37.4. The molecule has 2 amide bonds. The molecule has 9 nitrogen and oxygen atoms in total. The first-order valence-electron chi connectivity index (χ1n) is 23.1. The molecule has 2 unspecified atom stereocenters. The van der Waals surface area contributed by atoms with Crippen LogP contribution in [0.1, 0.15) is 174 Å². The van der Waals surface area contributed by atoms with Crippen molar-refractivity contribution in [3.8, 4) is 0 Å². The van der Waals surface area contributed by atoms with Gasteiger partial charge in [0.1, 0.15) is 12.1 Å². The van der Waals surface area contributed by atoms with Crippen LogP contribution in [0.2, 0.25) is 0 Å². The van der Waals surface area contributed by atoms with Crippen LogP contribution < -0.4 is 10.6 Å². The summed E-state index contributed by atoms with van der Waals surface area (Å²) < 4.78 is 5.99. The summed E-state index contributed by atoms with van der Waals surface area (Å²) in [4.78, 5) is 47.6. The lowest BCUT2D eigenvalue weighted by molar-refractivity contribution is -0.150. The fourth-order valence-corrected chi connectivity index (χ4v) is 6.05. The van der Waals surface area contributed by atoms with E-state index in [1.807, 2.05) is 0 Å². The second-order valence-electron chi connectivity index (χ2n) is 15.1. The number of nitrogens with one attached hydrogen (secondary N) is 2. The molecule has 0 saturated carbocycles. The molecule has 0 bridgehead atoms. The van der Waals surface area contributed by atoms with E-state index in [2.05, 4.69) is 122 Å². The van der Waals surface area contributed by atoms with E-state index in [4.69, 9.17) is 14.9 Å². The van der Waals surface area contributed by atoms with Crippen LogP contribution >= 0.6 is 0 Å². The number of rotatable bonds is 40. The number of unbranched alkanes of at least 4 members (excludes halogenated alkanes) is 10. The number of aliphatic carboxylic acids is 1. The predicted molar refractivity (Wildman–Crippen MR) is 249 cm³/mol. The Morgan fingerprint density at radius 2 is 0.967 bits per heavy atom. The number of ether oxygens (including phenoxy) is 1. The molecule has 0 saturated heterocycles. The molecule has 0 aromatic rings. The molecule has 338 valence electrons. The smallest absolute Gasteiger partial charge is 0.328 e. The highest BCUT2D eigenvalue weighted by Gasteiger charge is 2.19. The predicted octanol–water partition coefficient (Wildman–Crippen LogP) is 11.8. The quantitative estimate of drug-likeness (QED) is 0.0273. The van der Waals surface area contributed by atoms with E-state index in [1.54, 1.807) is 0 Å². The minimum absolute atomic E-state index is 0.0868. The third kappa shape index (κ3) is 40.5. The van der Waals surface area contributed by atoms with Gasteiger partial charge >= 0.3 is 11.9 Å². The highest BCUT2D eigenvalue weighted by atomic mass is 16.5. The van der Waals surface area contributed by atoms with Gasteiger partial charge in [-0.15, -0.1) is 0 Å². The number of allylic oxidation sites excluding steroid dienone is 16. The average molecular weight is 835 g/mol. The van der Waals surface area contributed by atoms with Crippen molar-refractivity contribution in [1.82, 2.24) is 10.6 Å². The summed E-state index contributed by atoms with van der Waals surface area (Å²) >= 11 is 0. The van der Waals surface area contributed by atoms with E-state index in [-0.39, 0.29) is 30.9 Å². The molecule has 0 rings (SSSR count). The zero-order valence-electron chi connectivity index (χ0n) is 37.4. The molecule has 60 heavy (non-hydrogen) atoms. The summed E-state index contributed by atoms with van der Waals surface area (Å²) in [6.45, 7) is 3.31. The van der Waals surface area contributed by atoms with Gasteiger partial charge in [0.05, 0.1) is 13.2 Å². The van der Waals surface area contributed by atoms with Crippen molar-refractivity contribution in [2.24, 2.45) is 0 Å². The maximum atomic E-state index is 12.8. The van der Waals surface area contributed by atoms with Gasteiger partial charge in [0.25, 0.3) is 0 Å². The SMILES string of the molecule is CC/C=C\C/C=C\C/C=C\C/C=C\C/C=C\C/C=C\CCCCC(=O)OC(CCC/C=C\C/C=C\CCCCC)CCCCCCCC(=O)NCC(=O)NC(CO)C(=O)O. The minimum atomic E-state index is -1.39. The lowest BCUT2D eigenvalue weighted by Gasteiger charge is -2.18. The van der Waals surface area contributed by atoms with E-state index in [0.717, 1.165) is 122 Å². The molecule has 0 aliphatic rings. The molecule has 0 aliphatic heterocycles. The number of carboxylic acids is 1. The zero-order chi connectivity index (χ0) is 44.0. The number of aliphatic hydroxyl groups excluding tert-OH is 1. The van der Waals surface area contributed by atoms with E-state index in [0.29, 0.717) is 12.8 Å². The van der Waals surface area contributed by atoms with Gasteiger partial charge in [0, 0.05) is 12.8 Å². The van der Waals surface area contributed by atoms with Crippen molar-refractivity contribution in [2.75, 3.05) is 13.2 Å². The second kappa shape index (κ2) is 44.3. The minimum Gasteiger partial charge on any atom is -0.480 e. The van der Waals surface area contributed by atoms with Gasteiger partial charge < -0.3 is 25.6 Å². The van der Waals surface area contributed by atoms with E-state index < -0.39 is 24.5 Å². The Morgan fingerprint density at radius 3 is 1.48 bits per heavy atom. The summed E-state index contributed by atoms with van der Waals surface area (Å²) in [7, 11) is 0. The molecule has 0 heterocycles. The summed E-state index contributed by atoms with van der Waals surface area (Å²) in [5, 5.41) is 22.6. The Bertz CT molecular complexity index is 1320. The van der Waals surface area contributed by atoms with Crippen LogP contribution in [-0.4, -0.2) is 59.3 Å². The number of carbonyl (C=O) groups is 4. The van der Waals surface area contributed by atoms with Crippen molar-refractivity contribution in [3.05, 3.63) is 97.2 Å². The van der Waals surface area contributed by atoms with Crippen molar-refractivity contribution < 1.29 is 34.1 Å². The molecule has 4 N–H and O–H groups in total. The molecule has 9 heteroatoms. The van der Waals surface area contributed by atoms with Crippen molar-refractivity contribution >= 4 is 23.8 Å². The van der Waals surface area contributed by atoms with Crippen molar-refractivity contribution in [1.29, 1.82) is 0 Å². The van der Waals surface area contributed by atoms with Crippen LogP contribution in [-0.2, 0) is 23.9 Å². The first-order chi connectivity index (χ1) is 29.3. The Kier molecular flexibility index (Phi) is 41.2. The first kappa shape index (κ1) is 55.8. The molecule has 0 aromatic heterocycles. The number of hydrogen-bond donors (Lipinski definition) is 4. The summed E-state index contributed by atoms with van der Waals surface area (Å²) in [6, 6.07) is -1.39. The monoisotopic (exact) mass is 835 g/mol. The Hall–Kier alpha value is -4.24. The maximum absolute atomic E-state index is 12.8. The molecule has 0 aliphatic carbocycles. The third-order valence-electron chi connectivity index (χ3n) is 9.57. The van der Waals surface area contributed by atoms with Gasteiger partial charge in [-0.2, -0.15) is 0 Å². The van der Waals surface area contributed by atoms with Crippen molar-refractivity contribution in [3.63, 3.8) is 0 Å². The molecular formula is C51H82N2O7. The molecule has 0 fully saturated rings. The number of carboxylic acid groups (broad SMARTS) is 1. The largest absolute Gasteiger partial charge is 0.480 e. The number of aliphatic hydroxyl groups is 1. The fraction of sp³-hybridized carbons (Fsp3) is 0.608. The molecule has 2 atom stereocenters. The van der Waals surface area contributed by atoms with Gasteiger partial charge in [-0.3, -0.25) is 14.4 Å². The average Bonchev–Trinajstić information content (AvgIpc) is 3.23. The lowest BCUT2D eigenvalue weighted by atomic mass is 10.0. The van der Waals surface area contributed by atoms with Gasteiger partial charge in [-0.1, -0.05) is 143 Å². The number of carbonyl (C=O) groups excluding carboxylic acids is 3. The van der Waals surface area contributed by atoms with Crippen LogP contribution in [0.5, 0.6) is 0 Å². The maximum Gasteiger partial charge on any atom is 0.328 e. The van der Waals surface area contributed by atoms with Gasteiger partial charge in [-0.25, -0.2) is 4.79 Å². The van der Waals surface area contributed by atoms with Gasteiger partial charge in [0.2, 0.25) is 11.8 Å². The van der Waals surface area contributed by atoms with Crippen LogP contribution in [0.25, 0.3) is 0 Å². The van der Waals surface area contributed by atoms with Gasteiger partial charge in [-0.05, 0) is 116 Å². The van der Waals surface area contributed by atoms with E-state index in [1.165, 1.54) is 19.3 Å². The van der Waals surface area contributed by atoms with E-state index in [9.17, 15) is 19.2 Å². The first-order valence-corrected chi connectivity index (χ1v) is 23.1. The molecule has 0 radical (unpaired) electrons. The van der Waals surface area contributed by atoms with Crippen LogP contribution in [0.4, 0.5) is 0 Å². The Labute approximate surface area is 364 Å². The number of amides is 2. The highest BCUT2D eigenvalue weighted by Crippen LogP contribution is 2.17. The summed E-state index contributed by atoms with van der Waals surface area (Å²) in [5.74, 6) is -2.39.